The first kappa shape index (κ1) is 14.0. The molecule has 1 aliphatic rings. The molecule has 0 bridgehead atoms. The highest BCUT2D eigenvalue weighted by molar-refractivity contribution is 4.79. The second-order valence-corrected chi connectivity index (χ2v) is 5.35. The molecule has 0 aliphatic heterocycles. The van der Waals surface area contributed by atoms with E-state index in [1.165, 1.54) is 38.6 Å². The second kappa shape index (κ2) is 8.08. The Balaban J connectivity index is 2.13. The van der Waals surface area contributed by atoms with Crippen LogP contribution in [-0.2, 0) is 4.74 Å². The molecule has 0 amide bonds. The van der Waals surface area contributed by atoms with Gasteiger partial charge in [-0.3, -0.25) is 0 Å². The van der Waals surface area contributed by atoms with Crippen LogP contribution in [-0.4, -0.2) is 25.8 Å². The van der Waals surface area contributed by atoms with Gasteiger partial charge >= 0.3 is 0 Å². The lowest BCUT2D eigenvalue weighted by molar-refractivity contribution is 0.137. The molecule has 0 spiro atoms. The SMILES string of the molecule is CCOCCCC1CCCC1CNC(C)C. The Morgan fingerprint density at radius 2 is 2.00 bits per heavy atom. The topological polar surface area (TPSA) is 21.3 Å². The summed E-state index contributed by atoms with van der Waals surface area (Å²) in [6, 6.07) is 0.629. The van der Waals surface area contributed by atoms with Gasteiger partial charge < -0.3 is 10.1 Å². The summed E-state index contributed by atoms with van der Waals surface area (Å²) < 4.78 is 5.41. The van der Waals surface area contributed by atoms with E-state index in [0.717, 1.165) is 25.0 Å². The fourth-order valence-corrected chi connectivity index (χ4v) is 2.74. The van der Waals surface area contributed by atoms with Crippen molar-refractivity contribution < 1.29 is 4.74 Å². The van der Waals surface area contributed by atoms with Gasteiger partial charge in [0.2, 0.25) is 0 Å². The Bertz CT molecular complexity index is 170. The summed E-state index contributed by atoms with van der Waals surface area (Å²) in [6.45, 7) is 9.58. The highest BCUT2D eigenvalue weighted by Gasteiger charge is 2.26. The van der Waals surface area contributed by atoms with Crippen LogP contribution in [0.25, 0.3) is 0 Å². The zero-order chi connectivity index (χ0) is 11.8. The summed E-state index contributed by atoms with van der Waals surface area (Å²) in [6.07, 6.45) is 6.92. The van der Waals surface area contributed by atoms with Crippen molar-refractivity contribution in [2.75, 3.05) is 19.8 Å². The zero-order valence-electron chi connectivity index (χ0n) is 11.3. The summed E-state index contributed by atoms with van der Waals surface area (Å²) in [5, 5.41) is 3.59. The normalized spacial score (nSPS) is 25.5. The predicted molar refractivity (Wildman–Crippen MR) is 69.7 cm³/mol. The molecule has 2 heteroatoms. The fraction of sp³-hybridized carbons (Fsp3) is 1.00. The summed E-state index contributed by atoms with van der Waals surface area (Å²) in [5.74, 6) is 1.87. The van der Waals surface area contributed by atoms with Gasteiger partial charge in [-0.2, -0.15) is 0 Å². The Morgan fingerprint density at radius 3 is 2.69 bits per heavy atom. The molecule has 1 fully saturated rings. The van der Waals surface area contributed by atoms with Crippen LogP contribution in [0.1, 0.15) is 52.9 Å². The van der Waals surface area contributed by atoms with E-state index < -0.39 is 0 Å². The molecule has 16 heavy (non-hydrogen) atoms. The Labute approximate surface area is 101 Å². The van der Waals surface area contributed by atoms with Crippen LogP contribution in [0.5, 0.6) is 0 Å². The minimum atomic E-state index is 0.629. The van der Waals surface area contributed by atoms with Crippen molar-refractivity contribution >= 4 is 0 Å². The van der Waals surface area contributed by atoms with Crippen LogP contribution in [0, 0.1) is 11.8 Å². The molecule has 0 radical (unpaired) electrons. The molecule has 1 aliphatic carbocycles. The highest BCUT2D eigenvalue weighted by atomic mass is 16.5. The van der Waals surface area contributed by atoms with Gasteiger partial charge in [0.15, 0.2) is 0 Å². The highest BCUT2D eigenvalue weighted by Crippen LogP contribution is 2.34. The van der Waals surface area contributed by atoms with Crippen molar-refractivity contribution in [2.24, 2.45) is 11.8 Å². The fourth-order valence-electron chi connectivity index (χ4n) is 2.74. The molecule has 0 heterocycles. The summed E-state index contributed by atoms with van der Waals surface area (Å²) in [5.41, 5.74) is 0. The third-order valence-corrected chi connectivity index (χ3v) is 3.67. The zero-order valence-corrected chi connectivity index (χ0v) is 11.3. The lowest BCUT2D eigenvalue weighted by atomic mass is 9.91. The molecule has 0 aromatic heterocycles. The van der Waals surface area contributed by atoms with E-state index in [0.29, 0.717) is 6.04 Å². The maximum Gasteiger partial charge on any atom is 0.0465 e. The van der Waals surface area contributed by atoms with Crippen molar-refractivity contribution in [3.63, 3.8) is 0 Å². The van der Waals surface area contributed by atoms with Gasteiger partial charge in [-0.25, -0.2) is 0 Å². The van der Waals surface area contributed by atoms with E-state index in [4.69, 9.17) is 4.74 Å². The third kappa shape index (κ3) is 5.31. The quantitative estimate of drug-likeness (QED) is 0.643. The van der Waals surface area contributed by atoms with Gasteiger partial charge in [-0.1, -0.05) is 26.7 Å². The lowest BCUT2D eigenvalue weighted by Gasteiger charge is -2.21. The van der Waals surface area contributed by atoms with E-state index in [1.54, 1.807) is 0 Å². The van der Waals surface area contributed by atoms with Gasteiger partial charge in [0.05, 0.1) is 0 Å². The first-order chi connectivity index (χ1) is 7.74. The van der Waals surface area contributed by atoms with E-state index in [1.807, 2.05) is 0 Å². The van der Waals surface area contributed by atoms with Gasteiger partial charge in [-0.05, 0) is 44.6 Å². The molecular formula is C14H29NO. The van der Waals surface area contributed by atoms with Gasteiger partial charge in [0, 0.05) is 19.3 Å². The largest absolute Gasteiger partial charge is 0.382 e. The monoisotopic (exact) mass is 227 g/mol. The maximum atomic E-state index is 5.41. The third-order valence-electron chi connectivity index (χ3n) is 3.67. The van der Waals surface area contributed by atoms with Crippen molar-refractivity contribution in [2.45, 2.75) is 58.9 Å². The Hall–Kier alpha value is -0.0800. The molecule has 96 valence electrons. The Kier molecular flexibility index (Phi) is 7.06. The standard InChI is InChI=1S/C14H29NO/c1-4-16-10-6-9-13-7-5-8-14(13)11-15-12(2)3/h12-15H,4-11H2,1-3H3. The second-order valence-electron chi connectivity index (χ2n) is 5.35. The first-order valence-corrected chi connectivity index (χ1v) is 7.05. The molecule has 1 N–H and O–H groups in total. The van der Waals surface area contributed by atoms with Crippen LogP contribution in [0.15, 0.2) is 0 Å². The van der Waals surface area contributed by atoms with Crippen molar-refractivity contribution in [1.82, 2.24) is 5.32 Å². The molecule has 1 saturated carbocycles. The average molecular weight is 227 g/mol. The molecule has 0 saturated heterocycles. The molecular weight excluding hydrogens is 198 g/mol. The van der Waals surface area contributed by atoms with Crippen LogP contribution >= 0.6 is 0 Å². The number of hydrogen-bond donors (Lipinski definition) is 1. The lowest BCUT2D eigenvalue weighted by Crippen LogP contribution is -2.30. The first-order valence-electron chi connectivity index (χ1n) is 7.05. The molecule has 2 atom stereocenters. The summed E-state index contributed by atoms with van der Waals surface area (Å²) >= 11 is 0. The van der Waals surface area contributed by atoms with Gasteiger partial charge in [0.1, 0.15) is 0 Å². The van der Waals surface area contributed by atoms with E-state index >= 15 is 0 Å². The molecule has 2 unspecified atom stereocenters. The van der Waals surface area contributed by atoms with E-state index in [9.17, 15) is 0 Å². The molecule has 2 nitrogen and oxygen atoms in total. The molecule has 0 aromatic rings. The van der Waals surface area contributed by atoms with Crippen molar-refractivity contribution in [1.29, 1.82) is 0 Å². The number of rotatable bonds is 8. The van der Waals surface area contributed by atoms with Crippen LogP contribution in [0.3, 0.4) is 0 Å². The maximum absolute atomic E-state index is 5.41. The minimum Gasteiger partial charge on any atom is -0.382 e. The number of hydrogen-bond acceptors (Lipinski definition) is 2. The van der Waals surface area contributed by atoms with E-state index in [-0.39, 0.29) is 0 Å². The number of ether oxygens (including phenoxy) is 1. The smallest absolute Gasteiger partial charge is 0.0465 e. The minimum absolute atomic E-state index is 0.629. The summed E-state index contributed by atoms with van der Waals surface area (Å²) in [7, 11) is 0. The average Bonchev–Trinajstić information content (AvgIpc) is 2.69. The van der Waals surface area contributed by atoms with Crippen molar-refractivity contribution in [3.8, 4) is 0 Å². The van der Waals surface area contributed by atoms with Gasteiger partial charge in [0.25, 0.3) is 0 Å². The van der Waals surface area contributed by atoms with Gasteiger partial charge in [-0.15, -0.1) is 0 Å². The van der Waals surface area contributed by atoms with Crippen LogP contribution in [0.4, 0.5) is 0 Å². The number of nitrogens with one attached hydrogen (secondary N) is 1. The predicted octanol–water partition coefficient (Wildman–Crippen LogP) is 3.22. The van der Waals surface area contributed by atoms with Crippen LogP contribution < -0.4 is 5.32 Å². The molecule has 1 rings (SSSR count). The van der Waals surface area contributed by atoms with E-state index in [2.05, 4.69) is 26.1 Å². The summed E-state index contributed by atoms with van der Waals surface area (Å²) in [4.78, 5) is 0. The Morgan fingerprint density at radius 1 is 1.25 bits per heavy atom. The van der Waals surface area contributed by atoms with Crippen LogP contribution in [0.2, 0.25) is 0 Å². The van der Waals surface area contributed by atoms with Crippen molar-refractivity contribution in [3.05, 3.63) is 0 Å². The molecule has 0 aromatic carbocycles.